The fraction of sp³-hybridized carbons (Fsp3) is 0.417. The first-order chi connectivity index (χ1) is 8.06. The average Bonchev–Trinajstić information content (AvgIpc) is 2.71. The van der Waals surface area contributed by atoms with Crippen molar-refractivity contribution >= 4 is 38.5 Å². The lowest BCUT2D eigenvalue weighted by molar-refractivity contribution is 0.621. The lowest BCUT2D eigenvalue weighted by Crippen LogP contribution is -2.13. The first-order valence-electron chi connectivity index (χ1n) is 5.49. The molecule has 17 heavy (non-hydrogen) atoms. The van der Waals surface area contributed by atoms with Crippen LogP contribution < -0.4 is 5.32 Å². The second-order valence-corrected chi connectivity index (χ2v) is 6.38. The van der Waals surface area contributed by atoms with Crippen LogP contribution >= 0.6 is 27.7 Å². The van der Waals surface area contributed by atoms with Gasteiger partial charge in [-0.15, -0.1) is 0 Å². The van der Waals surface area contributed by atoms with E-state index in [2.05, 4.69) is 40.1 Å². The highest BCUT2D eigenvalue weighted by atomic mass is 79.9. The molecule has 0 spiro atoms. The molecular weight excluding hydrogens is 303 g/mol. The lowest BCUT2D eigenvalue weighted by atomic mass is 10.1. The Bertz CT molecular complexity index is 448. The largest absolute Gasteiger partial charge is 0.334 e. The lowest BCUT2D eigenvalue weighted by Gasteiger charge is -2.12. The molecule has 1 aliphatic heterocycles. The number of anilines is 1. The predicted molar refractivity (Wildman–Crippen MR) is 76.2 cm³/mol. The molecule has 0 saturated carbocycles. The maximum Gasteiger partial charge on any atom is 0.161 e. The minimum atomic E-state index is -0.247. The molecular formula is C12H14BrFN2S. The summed E-state index contributed by atoms with van der Waals surface area (Å²) in [6, 6.07) is 4.60. The smallest absolute Gasteiger partial charge is 0.161 e. The molecule has 1 aliphatic rings. The Morgan fingerprint density at radius 1 is 1.53 bits per heavy atom. The molecule has 0 amide bonds. The quantitative estimate of drug-likeness (QED) is 0.887. The van der Waals surface area contributed by atoms with Crippen molar-refractivity contribution in [2.75, 3.05) is 11.9 Å². The van der Waals surface area contributed by atoms with E-state index in [1.165, 1.54) is 12.1 Å². The number of nitrogens with zero attached hydrogens (tertiary/aromatic N) is 1. The third kappa shape index (κ3) is 3.22. The fourth-order valence-corrected chi connectivity index (χ4v) is 2.99. The van der Waals surface area contributed by atoms with Crippen LogP contribution in [0.4, 0.5) is 10.1 Å². The maximum atomic E-state index is 12.9. The molecule has 0 radical (unpaired) electrons. The Balaban J connectivity index is 2.03. The van der Waals surface area contributed by atoms with Gasteiger partial charge in [0.05, 0.1) is 12.2 Å². The molecule has 1 atom stereocenters. The number of halogens is 2. The molecule has 1 unspecified atom stereocenters. The van der Waals surface area contributed by atoms with Crippen LogP contribution in [0.15, 0.2) is 27.7 Å². The Labute approximate surface area is 113 Å². The van der Waals surface area contributed by atoms with E-state index in [9.17, 15) is 4.39 Å². The summed E-state index contributed by atoms with van der Waals surface area (Å²) in [6.45, 7) is 5.25. The van der Waals surface area contributed by atoms with Crippen molar-refractivity contribution in [3.63, 3.8) is 0 Å². The van der Waals surface area contributed by atoms with Gasteiger partial charge in [-0.2, -0.15) is 0 Å². The summed E-state index contributed by atoms with van der Waals surface area (Å²) in [5.74, 6) is 0.364. The number of hydrogen-bond donors (Lipinski definition) is 1. The van der Waals surface area contributed by atoms with Gasteiger partial charge in [-0.25, -0.2) is 4.39 Å². The fourth-order valence-electron chi connectivity index (χ4n) is 1.51. The predicted octanol–water partition coefficient (Wildman–Crippen LogP) is 4.13. The van der Waals surface area contributed by atoms with Crippen molar-refractivity contribution in [1.82, 2.24) is 0 Å². The van der Waals surface area contributed by atoms with Crippen LogP contribution in [0.5, 0.6) is 0 Å². The Morgan fingerprint density at radius 2 is 2.29 bits per heavy atom. The van der Waals surface area contributed by atoms with Gasteiger partial charge < -0.3 is 5.32 Å². The standard InChI is InChI=1S/C12H14BrFN2S/c1-7(2)11-6-15-12(17-11)16-10-4-3-8(14)5-9(10)13/h3-5,7,11H,6H2,1-2H3,(H,15,16). The summed E-state index contributed by atoms with van der Waals surface area (Å²) >= 11 is 5.08. The van der Waals surface area contributed by atoms with Crippen LogP contribution in [-0.4, -0.2) is 17.0 Å². The van der Waals surface area contributed by atoms with Crippen molar-refractivity contribution in [3.05, 3.63) is 28.5 Å². The number of nitrogens with one attached hydrogen (secondary N) is 1. The van der Waals surface area contributed by atoms with E-state index in [4.69, 9.17) is 0 Å². The van der Waals surface area contributed by atoms with Crippen molar-refractivity contribution in [3.8, 4) is 0 Å². The topological polar surface area (TPSA) is 24.4 Å². The summed E-state index contributed by atoms with van der Waals surface area (Å²) in [5, 5.41) is 4.67. The summed E-state index contributed by atoms with van der Waals surface area (Å²) in [4.78, 5) is 4.45. The number of aliphatic imine (C=N–C) groups is 1. The zero-order valence-electron chi connectivity index (χ0n) is 9.71. The monoisotopic (exact) mass is 316 g/mol. The van der Waals surface area contributed by atoms with Gasteiger partial charge in [0.1, 0.15) is 5.82 Å². The van der Waals surface area contributed by atoms with Crippen molar-refractivity contribution in [1.29, 1.82) is 0 Å². The van der Waals surface area contributed by atoms with Gasteiger partial charge in [-0.1, -0.05) is 25.6 Å². The van der Waals surface area contributed by atoms with E-state index in [1.54, 1.807) is 17.8 Å². The van der Waals surface area contributed by atoms with Crippen LogP contribution in [0.25, 0.3) is 0 Å². The SMILES string of the molecule is CC(C)C1CN=C(Nc2ccc(F)cc2Br)S1. The van der Waals surface area contributed by atoms with Gasteiger partial charge in [-0.05, 0) is 40.0 Å². The molecule has 0 fully saturated rings. The summed E-state index contributed by atoms with van der Waals surface area (Å²) < 4.78 is 13.7. The van der Waals surface area contributed by atoms with Crippen molar-refractivity contribution < 1.29 is 4.39 Å². The first-order valence-corrected chi connectivity index (χ1v) is 7.16. The Hall–Kier alpha value is -0.550. The van der Waals surface area contributed by atoms with E-state index < -0.39 is 0 Å². The summed E-state index contributed by atoms with van der Waals surface area (Å²) in [7, 11) is 0. The van der Waals surface area contributed by atoms with Gasteiger partial charge >= 0.3 is 0 Å². The van der Waals surface area contributed by atoms with Crippen LogP contribution in [0.1, 0.15) is 13.8 Å². The molecule has 1 aromatic carbocycles. The van der Waals surface area contributed by atoms with E-state index in [-0.39, 0.29) is 5.82 Å². The van der Waals surface area contributed by atoms with Crippen LogP contribution in [0, 0.1) is 11.7 Å². The van der Waals surface area contributed by atoms with E-state index in [0.29, 0.717) is 15.6 Å². The zero-order valence-corrected chi connectivity index (χ0v) is 12.1. The molecule has 5 heteroatoms. The van der Waals surface area contributed by atoms with E-state index in [0.717, 1.165) is 17.4 Å². The maximum absolute atomic E-state index is 12.9. The second kappa shape index (κ2) is 5.40. The van der Waals surface area contributed by atoms with Gasteiger partial charge in [-0.3, -0.25) is 4.99 Å². The highest BCUT2D eigenvalue weighted by molar-refractivity contribution is 9.10. The highest BCUT2D eigenvalue weighted by Gasteiger charge is 2.22. The Kier molecular flexibility index (Phi) is 4.09. The highest BCUT2D eigenvalue weighted by Crippen LogP contribution is 2.30. The van der Waals surface area contributed by atoms with Gasteiger partial charge in [0, 0.05) is 9.72 Å². The zero-order chi connectivity index (χ0) is 12.4. The molecule has 92 valence electrons. The normalized spacial score (nSPS) is 19.6. The first kappa shape index (κ1) is 12.9. The number of rotatable bonds is 2. The minimum absolute atomic E-state index is 0.247. The minimum Gasteiger partial charge on any atom is -0.334 e. The number of benzene rings is 1. The van der Waals surface area contributed by atoms with Crippen molar-refractivity contribution in [2.45, 2.75) is 19.1 Å². The molecule has 0 aliphatic carbocycles. The third-order valence-corrected chi connectivity index (χ3v) is 4.70. The average molecular weight is 317 g/mol. The molecule has 1 heterocycles. The third-order valence-electron chi connectivity index (χ3n) is 2.59. The molecule has 1 N–H and O–H groups in total. The van der Waals surface area contributed by atoms with Crippen LogP contribution in [0.2, 0.25) is 0 Å². The second-order valence-electron chi connectivity index (χ2n) is 4.30. The summed E-state index contributed by atoms with van der Waals surface area (Å²) in [6.07, 6.45) is 0. The Morgan fingerprint density at radius 3 is 2.88 bits per heavy atom. The van der Waals surface area contributed by atoms with Gasteiger partial charge in [0.2, 0.25) is 0 Å². The number of amidine groups is 1. The molecule has 2 rings (SSSR count). The van der Waals surface area contributed by atoms with E-state index >= 15 is 0 Å². The number of hydrogen-bond acceptors (Lipinski definition) is 3. The number of thioether (sulfide) groups is 1. The van der Waals surface area contributed by atoms with Gasteiger partial charge in [0.15, 0.2) is 5.17 Å². The van der Waals surface area contributed by atoms with E-state index in [1.807, 2.05) is 0 Å². The van der Waals surface area contributed by atoms with Crippen molar-refractivity contribution in [2.24, 2.45) is 10.9 Å². The molecule has 2 nitrogen and oxygen atoms in total. The van der Waals surface area contributed by atoms with Crippen LogP contribution in [0.3, 0.4) is 0 Å². The molecule has 0 bridgehead atoms. The molecule has 1 aromatic rings. The summed E-state index contributed by atoms with van der Waals surface area (Å²) in [5.41, 5.74) is 0.849. The van der Waals surface area contributed by atoms with Crippen LogP contribution in [-0.2, 0) is 0 Å². The van der Waals surface area contributed by atoms with Gasteiger partial charge in [0.25, 0.3) is 0 Å². The molecule has 0 aromatic heterocycles. The molecule has 0 saturated heterocycles.